The van der Waals surface area contributed by atoms with Gasteiger partial charge in [0.05, 0.1) is 23.9 Å². The van der Waals surface area contributed by atoms with Crippen LogP contribution in [0, 0.1) is 5.92 Å². The van der Waals surface area contributed by atoms with Gasteiger partial charge in [0, 0.05) is 44.2 Å². The molecule has 0 bridgehead atoms. The van der Waals surface area contributed by atoms with E-state index in [1.54, 1.807) is 0 Å². The molecule has 3 rings (SSSR count). The molecule has 0 saturated carbocycles. The molecule has 0 spiro atoms. The zero-order chi connectivity index (χ0) is 17.8. The summed E-state index contributed by atoms with van der Waals surface area (Å²) in [6.45, 7) is 5.66. The Kier molecular flexibility index (Phi) is 6.20. The first-order valence-electron chi connectivity index (χ1n) is 9.11. The topological polar surface area (TPSA) is 36.0 Å². The number of halogens is 1. The van der Waals surface area contributed by atoms with Crippen molar-refractivity contribution in [3.05, 3.63) is 28.8 Å². The summed E-state index contributed by atoms with van der Waals surface area (Å²) in [6.07, 6.45) is 2.41. The summed E-state index contributed by atoms with van der Waals surface area (Å²) in [6, 6.07) is 5.73. The van der Waals surface area contributed by atoms with E-state index in [9.17, 15) is 4.79 Å². The molecule has 1 aromatic carbocycles. The molecule has 0 unspecified atom stereocenters. The molecule has 2 aliphatic heterocycles. The first kappa shape index (κ1) is 18.5. The van der Waals surface area contributed by atoms with Crippen molar-refractivity contribution in [1.29, 1.82) is 0 Å². The quantitative estimate of drug-likeness (QED) is 0.821. The minimum absolute atomic E-state index is 0.0455. The molecule has 138 valence electrons. The Hall–Kier alpha value is -1.30. The van der Waals surface area contributed by atoms with Crippen LogP contribution in [-0.2, 0) is 4.74 Å². The third kappa shape index (κ3) is 4.66. The van der Waals surface area contributed by atoms with Crippen molar-refractivity contribution in [1.82, 2.24) is 9.80 Å². The molecule has 0 radical (unpaired) electrons. The Morgan fingerprint density at radius 3 is 2.72 bits per heavy atom. The Morgan fingerprint density at radius 2 is 2.04 bits per heavy atom. The zero-order valence-electron chi connectivity index (χ0n) is 15.2. The minimum Gasteiger partial charge on any atom is -0.379 e. The van der Waals surface area contributed by atoms with Crippen LogP contribution in [0.15, 0.2) is 18.2 Å². The van der Waals surface area contributed by atoms with Crippen molar-refractivity contribution in [2.24, 2.45) is 5.92 Å². The van der Waals surface area contributed by atoms with Crippen LogP contribution in [0.5, 0.6) is 0 Å². The number of rotatable bonds is 4. The minimum atomic E-state index is 0.0455. The van der Waals surface area contributed by atoms with E-state index in [1.807, 2.05) is 37.2 Å². The lowest BCUT2D eigenvalue weighted by molar-refractivity contribution is 0.0735. The van der Waals surface area contributed by atoms with Gasteiger partial charge in [-0.15, -0.1) is 0 Å². The molecular formula is C19H28ClN3O2. The van der Waals surface area contributed by atoms with Crippen molar-refractivity contribution in [3.63, 3.8) is 0 Å². The smallest absolute Gasteiger partial charge is 0.253 e. The van der Waals surface area contributed by atoms with E-state index in [1.165, 1.54) is 12.8 Å². The van der Waals surface area contributed by atoms with Crippen LogP contribution < -0.4 is 4.90 Å². The number of hydrogen-bond acceptors (Lipinski definition) is 4. The molecule has 2 fully saturated rings. The van der Waals surface area contributed by atoms with Crippen LogP contribution in [0.2, 0.25) is 5.02 Å². The number of anilines is 1. The highest BCUT2D eigenvalue weighted by Gasteiger charge is 2.25. The Balaban J connectivity index is 1.71. The Morgan fingerprint density at radius 1 is 1.28 bits per heavy atom. The first-order chi connectivity index (χ1) is 12.0. The van der Waals surface area contributed by atoms with Crippen molar-refractivity contribution in [2.75, 3.05) is 64.9 Å². The van der Waals surface area contributed by atoms with E-state index in [0.29, 0.717) is 36.3 Å². The predicted molar refractivity (Wildman–Crippen MR) is 102 cm³/mol. The number of ether oxygens (including phenoxy) is 1. The number of amides is 1. The van der Waals surface area contributed by atoms with Gasteiger partial charge in [-0.1, -0.05) is 11.6 Å². The number of benzene rings is 1. The van der Waals surface area contributed by atoms with Crippen molar-refractivity contribution in [3.8, 4) is 0 Å². The maximum absolute atomic E-state index is 13.0. The third-order valence-corrected chi connectivity index (χ3v) is 5.19. The highest BCUT2D eigenvalue weighted by Crippen LogP contribution is 2.30. The van der Waals surface area contributed by atoms with Gasteiger partial charge in [-0.2, -0.15) is 0 Å². The zero-order valence-corrected chi connectivity index (χ0v) is 16.0. The molecule has 0 N–H and O–H groups in total. The second-order valence-corrected chi connectivity index (χ2v) is 7.72. The van der Waals surface area contributed by atoms with Crippen LogP contribution in [0.3, 0.4) is 0 Å². The first-order valence-corrected chi connectivity index (χ1v) is 9.48. The van der Waals surface area contributed by atoms with E-state index in [-0.39, 0.29) is 5.91 Å². The van der Waals surface area contributed by atoms with Gasteiger partial charge in [0.2, 0.25) is 0 Å². The Bertz CT molecular complexity index is 602. The SMILES string of the molecule is CN(C)C[C@@H]1COCCN(C(=O)c2ccc(N3CCCC3)c(Cl)c2)C1. The fraction of sp³-hybridized carbons (Fsp3) is 0.632. The summed E-state index contributed by atoms with van der Waals surface area (Å²) in [5.41, 5.74) is 1.71. The van der Waals surface area contributed by atoms with Crippen LogP contribution >= 0.6 is 11.6 Å². The standard InChI is InChI=1S/C19H28ClN3O2/c1-21(2)12-15-13-23(9-10-25-14-15)19(24)16-5-6-18(17(20)11-16)22-7-3-4-8-22/h5-6,11,15H,3-4,7-10,12-14H2,1-2H3/t15-/m0/s1. The van der Waals surface area contributed by atoms with E-state index in [2.05, 4.69) is 9.80 Å². The number of carbonyl (C=O) groups excluding carboxylic acids is 1. The van der Waals surface area contributed by atoms with Crippen molar-refractivity contribution < 1.29 is 9.53 Å². The monoisotopic (exact) mass is 365 g/mol. The molecule has 25 heavy (non-hydrogen) atoms. The lowest BCUT2D eigenvalue weighted by atomic mass is 10.1. The predicted octanol–water partition coefficient (Wildman–Crippen LogP) is 2.59. The lowest BCUT2D eigenvalue weighted by Gasteiger charge is -2.26. The molecular weight excluding hydrogens is 338 g/mol. The van der Waals surface area contributed by atoms with E-state index < -0.39 is 0 Å². The normalized spacial score (nSPS) is 21.7. The maximum atomic E-state index is 13.0. The van der Waals surface area contributed by atoms with Gasteiger partial charge in [0.1, 0.15) is 0 Å². The molecule has 2 saturated heterocycles. The van der Waals surface area contributed by atoms with Gasteiger partial charge < -0.3 is 19.4 Å². The summed E-state index contributed by atoms with van der Waals surface area (Å²) in [4.78, 5) is 19.3. The lowest BCUT2D eigenvalue weighted by Crippen LogP contribution is -2.38. The van der Waals surface area contributed by atoms with Gasteiger partial charge >= 0.3 is 0 Å². The van der Waals surface area contributed by atoms with Gasteiger partial charge in [0.15, 0.2) is 0 Å². The number of hydrogen-bond donors (Lipinski definition) is 0. The molecule has 5 nitrogen and oxygen atoms in total. The average Bonchev–Trinajstić information content (AvgIpc) is 3.00. The molecule has 2 heterocycles. The molecule has 1 aromatic rings. The van der Waals surface area contributed by atoms with Crippen molar-refractivity contribution in [2.45, 2.75) is 12.8 Å². The van der Waals surface area contributed by atoms with E-state index in [0.717, 1.165) is 31.9 Å². The number of nitrogens with zero attached hydrogens (tertiary/aromatic N) is 3. The highest BCUT2D eigenvalue weighted by atomic mass is 35.5. The van der Waals surface area contributed by atoms with Crippen LogP contribution in [0.1, 0.15) is 23.2 Å². The second kappa shape index (κ2) is 8.39. The van der Waals surface area contributed by atoms with Crippen LogP contribution in [-0.4, -0.2) is 75.7 Å². The van der Waals surface area contributed by atoms with E-state index in [4.69, 9.17) is 16.3 Å². The summed E-state index contributed by atoms with van der Waals surface area (Å²) in [7, 11) is 4.10. The summed E-state index contributed by atoms with van der Waals surface area (Å²) < 4.78 is 5.68. The fourth-order valence-corrected chi connectivity index (χ4v) is 4.03. The summed E-state index contributed by atoms with van der Waals surface area (Å²) in [5, 5.41) is 0.670. The van der Waals surface area contributed by atoms with Gasteiger partial charge in [-0.3, -0.25) is 4.79 Å². The van der Waals surface area contributed by atoms with Crippen LogP contribution in [0.25, 0.3) is 0 Å². The molecule has 2 aliphatic rings. The van der Waals surface area contributed by atoms with E-state index >= 15 is 0 Å². The largest absolute Gasteiger partial charge is 0.379 e. The van der Waals surface area contributed by atoms with Crippen LogP contribution in [0.4, 0.5) is 5.69 Å². The molecule has 6 heteroatoms. The number of carbonyl (C=O) groups is 1. The highest BCUT2D eigenvalue weighted by molar-refractivity contribution is 6.33. The van der Waals surface area contributed by atoms with Gasteiger partial charge in [0.25, 0.3) is 5.91 Å². The third-order valence-electron chi connectivity index (χ3n) is 4.89. The average molecular weight is 366 g/mol. The summed E-state index contributed by atoms with van der Waals surface area (Å²) in [5.74, 6) is 0.380. The summed E-state index contributed by atoms with van der Waals surface area (Å²) >= 11 is 6.48. The molecule has 1 atom stereocenters. The maximum Gasteiger partial charge on any atom is 0.253 e. The molecule has 1 amide bonds. The van der Waals surface area contributed by atoms with Crippen molar-refractivity contribution >= 4 is 23.2 Å². The molecule has 0 aromatic heterocycles. The fourth-order valence-electron chi connectivity index (χ4n) is 3.73. The van der Waals surface area contributed by atoms with Gasteiger partial charge in [-0.05, 0) is 45.1 Å². The second-order valence-electron chi connectivity index (χ2n) is 7.31. The van der Waals surface area contributed by atoms with Gasteiger partial charge in [-0.25, -0.2) is 0 Å². The Labute approximate surface area is 155 Å². The molecule has 0 aliphatic carbocycles.